The second kappa shape index (κ2) is 7.35. The van der Waals surface area contributed by atoms with Gasteiger partial charge in [0, 0.05) is 36.8 Å². The molecule has 0 aliphatic carbocycles. The van der Waals surface area contributed by atoms with E-state index >= 15 is 0 Å². The van der Waals surface area contributed by atoms with Crippen molar-refractivity contribution >= 4 is 17.7 Å². The van der Waals surface area contributed by atoms with Crippen LogP contribution in [0.1, 0.15) is 18.9 Å². The van der Waals surface area contributed by atoms with Crippen LogP contribution < -0.4 is 0 Å². The van der Waals surface area contributed by atoms with Gasteiger partial charge in [0.25, 0.3) is 0 Å². The average Bonchev–Trinajstić information content (AvgIpc) is 2.48. The number of nitrogens with zero attached hydrogens (tertiary/aromatic N) is 2. The van der Waals surface area contributed by atoms with Crippen molar-refractivity contribution in [1.82, 2.24) is 9.80 Å². The molecule has 1 aromatic carbocycles. The molecule has 1 aliphatic heterocycles. The van der Waals surface area contributed by atoms with Crippen LogP contribution in [0.15, 0.2) is 24.3 Å². The minimum atomic E-state index is -0.840. The lowest BCUT2D eigenvalue weighted by molar-refractivity contribution is 0.0955. The normalized spacial score (nSPS) is 17.0. The highest BCUT2D eigenvalue weighted by Gasteiger charge is 2.23. The van der Waals surface area contributed by atoms with E-state index in [2.05, 4.69) is 23.7 Å². The lowest BCUT2D eigenvalue weighted by Gasteiger charge is -2.35. The molecule has 2 rings (SSSR count). The fraction of sp³-hybridized carbons (Fsp3) is 0.438. The van der Waals surface area contributed by atoms with Gasteiger partial charge in [-0.05, 0) is 24.6 Å². The zero-order chi connectivity index (χ0) is 15.2. The molecule has 112 valence electrons. The highest BCUT2D eigenvalue weighted by atomic mass is 35.5. The molecule has 1 fully saturated rings. The van der Waals surface area contributed by atoms with Gasteiger partial charge in [-0.1, -0.05) is 36.4 Å². The summed E-state index contributed by atoms with van der Waals surface area (Å²) in [5.41, 5.74) is 0.908. The molecule has 1 unspecified atom stereocenters. The zero-order valence-electron chi connectivity index (χ0n) is 12.1. The maximum Gasteiger partial charge on any atom is 0.407 e. The lowest BCUT2D eigenvalue weighted by atomic mass is 10.1. The molecular weight excluding hydrogens is 288 g/mol. The van der Waals surface area contributed by atoms with E-state index < -0.39 is 6.09 Å². The predicted octanol–water partition coefficient (Wildman–Crippen LogP) is 2.77. The number of amides is 1. The molecule has 4 nitrogen and oxygen atoms in total. The van der Waals surface area contributed by atoms with Gasteiger partial charge in [-0.3, -0.25) is 4.90 Å². The molecule has 1 N–H and O–H groups in total. The van der Waals surface area contributed by atoms with Gasteiger partial charge in [0.2, 0.25) is 0 Å². The fourth-order valence-electron chi connectivity index (χ4n) is 2.41. The smallest absolute Gasteiger partial charge is 0.407 e. The van der Waals surface area contributed by atoms with E-state index in [1.54, 1.807) is 0 Å². The molecule has 0 bridgehead atoms. The third-order valence-electron chi connectivity index (χ3n) is 3.62. The first-order chi connectivity index (χ1) is 10.1. The topological polar surface area (TPSA) is 43.8 Å². The minimum Gasteiger partial charge on any atom is -0.465 e. The Bertz CT molecular complexity index is 557. The highest BCUT2D eigenvalue weighted by molar-refractivity contribution is 6.30. The van der Waals surface area contributed by atoms with Crippen molar-refractivity contribution < 1.29 is 9.90 Å². The Hall–Kier alpha value is -1.70. The summed E-state index contributed by atoms with van der Waals surface area (Å²) in [6.07, 6.45) is 0.0772. The van der Waals surface area contributed by atoms with Gasteiger partial charge >= 0.3 is 6.09 Å². The third-order valence-corrected chi connectivity index (χ3v) is 3.86. The van der Waals surface area contributed by atoms with Crippen molar-refractivity contribution in [2.24, 2.45) is 0 Å². The van der Waals surface area contributed by atoms with Gasteiger partial charge in [0.1, 0.15) is 0 Å². The van der Waals surface area contributed by atoms with Crippen LogP contribution in [0.5, 0.6) is 0 Å². The van der Waals surface area contributed by atoms with Crippen LogP contribution in [0.25, 0.3) is 0 Å². The summed E-state index contributed by atoms with van der Waals surface area (Å²) in [5.74, 6) is 6.44. The number of hydrogen-bond acceptors (Lipinski definition) is 2. The number of halogens is 1. The molecule has 0 saturated carbocycles. The van der Waals surface area contributed by atoms with E-state index in [1.807, 2.05) is 24.3 Å². The van der Waals surface area contributed by atoms with E-state index in [-0.39, 0.29) is 6.04 Å². The van der Waals surface area contributed by atoms with Crippen molar-refractivity contribution in [1.29, 1.82) is 0 Å². The van der Waals surface area contributed by atoms with Gasteiger partial charge in [0.05, 0.1) is 6.04 Å². The summed E-state index contributed by atoms with van der Waals surface area (Å²) in [6, 6.07) is 7.66. The number of rotatable bonds is 2. The molecular formula is C16H19ClN2O2. The van der Waals surface area contributed by atoms with Gasteiger partial charge in [-0.2, -0.15) is 0 Å². The number of benzene rings is 1. The molecule has 21 heavy (non-hydrogen) atoms. The average molecular weight is 307 g/mol. The Labute approximate surface area is 130 Å². The summed E-state index contributed by atoms with van der Waals surface area (Å²) in [7, 11) is 0. The minimum absolute atomic E-state index is 0.153. The van der Waals surface area contributed by atoms with Gasteiger partial charge < -0.3 is 10.0 Å². The van der Waals surface area contributed by atoms with Gasteiger partial charge in [-0.15, -0.1) is 0 Å². The molecule has 5 heteroatoms. The van der Waals surface area contributed by atoms with Crippen molar-refractivity contribution in [2.45, 2.75) is 19.4 Å². The molecule has 1 saturated heterocycles. The van der Waals surface area contributed by atoms with E-state index in [1.165, 1.54) is 4.90 Å². The van der Waals surface area contributed by atoms with Crippen LogP contribution in [-0.2, 0) is 0 Å². The number of carboxylic acid groups (broad SMARTS) is 1. The van der Waals surface area contributed by atoms with Crippen molar-refractivity contribution in [3.8, 4) is 11.8 Å². The predicted molar refractivity (Wildman–Crippen MR) is 83.6 cm³/mol. The molecule has 0 aromatic heterocycles. The zero-order valence-corrected chi connectivity index (χ0v) is 12.8. The van der Waals surface area contributed by atoms with Crippen molar-refractivity contribution in [2.75, 3.05) is 26.2 Å². The maximum atomic E-state index is 10.9. The Morgan fingerprint density at radius 3 is 2.67 bits per heavy atom. The first-order valence-corrected chi connectivity index (χ1v) is 7.47. The van der Waals surface area contributed by atoms with E-state index in [4.69, 9.17) is 16.7 Å². The Morgan fingerprint density at radius 1 is 1.38 bits per heavy atom. The van der Waals surface area contributed by atoms with Gasteiger partial charge in [0.15, 0.2) is 0 Å². The second-order valence-corrected chi connectivity index (χ2v) is 5.45. The first-order valence-electron chi connectivity index (χ1n) is 7.09. The monoisotopic (exact) mass is 306 g/mol. The quantitative estimate of drug-likeness (QED) is 0.855. The van der Waals surface area contributed by atoms with Crippen LogP contribution in [-0.4, -0.2) is 53.2 Å². The van der Waals surface area contributed by atoms with Crippen LogP contribution >= 0.6 is 11.6 Å². The molecule has 1 atom stereocenters. The molecule has 1 aromatic rings. The van der Waals surface area contributed by atoms with Crippen molar-refractivity contribution in [3.63, 3.8) is 0 Å². The SMILES string of the molecule is CCC(C#Cc1cccc(Cl)c1)N1CCN(C(=O)O)CC1. The summed E-state index contributed by atoms with van der Waals surface area (Å²) in [5, 5.41) is 9.65. The van der Waals surface area contributed by atoms with E-state index in [0.717, 1.165) is 25.1 Å². The van der Waals surface area contributed by atoms with Crippen LogP contribution in [0, 0.1) is 11.8 Å². The largest absolute Gasteiger partial charge is 0.465 e. The standard InChI is InChI=1S/C16H19ClN2O2/c1-2-15(7-6-13-4-3-5-14(17)12-13)18-8-10-19(11-9-18)16(20)21/h3-5,12,15H,2,8-11H2,1H3,(H,20,21). The van der Waals surface area contributed by atoms with Crippen molar-refractivity contribution in [3.05, 3.63) is 34.9 Å². The maximum absolute atomic E-state index is 10.9. The third kappa shape index (κ3) is 4.38. The van der Waals surface area contributed by atoms with Crippen LogP contribution in [0.4, 0.5) is 4.79 Å². The Kier molecular flexibility index (Phi) is 5.49. The summed E-state index contributed by atoms with van der Waals surface area (Å²) < 4.78 is 0. The molecule has 1 aliphatic rings. The van der Waals surface area contributed by atoms with Gasteiger partial charge in [-0.25, -0.2) is 4.79 Å². The van der Waals surface area contributed by atoms with Crippen LogP contribution in [0.2, 0.25) is 5.02 Å². The molecule has 1 amide bonds. The molecule has 0 radical (unpaired) electrons. The molecule has 1 heterocycles. The fourth-order valence-corrected chi connectivity index (χ4v) is 2.60. The van der Waals surface area contributed by atoms with E-state index in [9.17, 15) is 4.79 Å². The second-order valence-electron chi connectivity index (χ2n) is 5.01. The number of piperazine rings is 1. The molecule has 0 spiro atoms. The number of carbonyl (C=O) groups is 1. The summed E-state index contributed by atoms with van der Waals surface area (Å²) >= 11 is 5.95. The summed E-state index contributed by atoms with van der Waals surface area (Å²) in [6.45, 7) is 4.65. The van der Waals surface area contributed by atoms with E-state index in [0.29, 0.717) is 18.1 Å². The van der Waals surface area contributed by atoms with Crippen LogP contribution in [0.3, 0.4) is 0 Å². The highest BCUT2D eigenvalue weighted by Crippen LogP contribution is 2.11. The number of hydrogen-bond donors (Lipinski definition) is 1. The Morgan fingerprint density at radius 2 is 2.10 bits per heavy atom. The Balaban J connectivity index is 2.00. The first kappa shape index (κ1) is 15.7. The summed E-state index contributed by atoms with van der Waals surface area (Å²) in [4.78, 5) is 14.6. The lowest BCUT2D eigenvalue weighted by Crippen LogP contribution is -2.51.